The minimum Gasteiger partial charge on any atom is -0.348 e. The monoisotopic (exact) mass is 452 g/mol. The molecule has 0 aromatic heterocycles. The van der Waals surface area contributed by atoms with Crippen LogP contribution in [-0.4, -0.2) is 26.6 Å². The number of sulfonamides is 1. The van der Waals surface area contributed by atoms with Gasteiger partial charge in [-0.25, -0.2) is 12.8 Å². The number of benzene rings is 2. The molecule has 2 aromatic carbocycles. The van der Waals surface area contributed by atoms with E-state index in [0.717, 1.165) is 41.5 Å². The van der Waals surface area contributed by atoms with Gasteiger partial charge in [-0.1, -0.05) is 36.7 Å². The Morgan fingerprint density at radius 3 is 2.53 bits per heavy atom. The van der Waals surface area contributed by atoms with E-state index in [4.69, 9.17) is 11.6 Å². The van der Waals surface area contributed by atoms with Gasteiger partial charge in [0.25, 0.3) is 0 Å². The maximum absolute atomic E-state index is 13.6. The lowest BCUT2D eigenvalue weighted by atomic mass is 10.0. The third-order valence-electron chi connectivity index (χ3n) is 5.47. The van der Waals surface area contributed by atoms with Crippen molar-refractivity contribution in [1.82, 2.24) is 5.32 Å². The molecule has 0 unspecified atom stereocenters. The van der Waals surface area contributed by atoms with Crippen molar-refractivity contribution in [3.05, 3.63) is 63.9 Å². The molecule has 0 saturated carbocycles. The highest BCUT2D eigenvalue weighted by molar-refractivity contribution is 7.92. The second-order valence-electron chi connectivity index (χ2n) is 7.69. The predicted octanol–water partition coefficient (Wildman–Crippen LogP) is 4.39. The van der Waals surface area contributed by atoms with Crippen molar-refractivity contribution in [1.29, 1.82) is 0 Å². The number of amides is 1. The summed E-state index contributed by atoms with van der Waals surface area (Å²) in [6.45, 7) is 3.61. The fourth-order valence-corrected chi connectivity index (χ4v) is 5.31. The van der Waals surface area contributed by atoms with Crippen LogP contribution in [0, 0.1) is 5.82 Å². The van der Waals surface area contributed by atoms with E-state index in [-0.39, 0.29) is 23.2 Å². The Labute approximate surface area is 182 Å². The van der Waals surface area contributed by atoms with Crippen molar-refractivity contribution >= 4 is 33.2 Å². The summed E-state index contributed by atoms with van der Waals surface area (Å²) < 4.78 is 39.6. The number of nitrogens with zero attached hydrogens (tertiary/aromatic N) is 1. The van der Waals surface area contributed by atoms with Gasteiger partial charge in [-0.2, -0.15) is 0 Å². The Bertz CT molecular complexity index is 1060. The summed E-state index contributed by atoms with van der Waals surface area (Å²) in [7, 11) is -3.82. The van der Waals surface area contributed by atoms with Crippen LogP contribution >= 0.6 is 11.6 Å². The van der Waals surface area contributed by atoms with Crippen LogP contribution in [0.3, 0.4) is 0 Å². The van der Waals surface area contributed by atoms with E-state index in [0.29, 0.717) is 0 Å². The van der Waals surface area contributed by atoms with Crippen molar-refractivity contribution in [2.75, 3.05) is 10.6 Å². The molecule has 8 heteroatoms. The Kier molecular flexibility index (Phi) is 6.72. The van der Waals surface area contributed by atoms with Gasteiger partial charge in [0, 0.05) is 0 Å². The van der Waals surface area contributed by atoms with Crippen LogP contribution in [0.1, 0.15) is 49.4 Å². The first-order valence-corrected chi connectivity index (χ1v) is 12.2. The summed E-state index contributed by atoms with van der Waals surface area (Å²) in [6.07, 6.45) is 4.52. The Hall–Kier alpha value is -2.12. The Morgan fingerprint density at radius 1 is 1.20 bits per heavy atom. The quantitative estimate of drug-likeness (QED) is 0.677. The van der Waals surface area contributed by atoms with E-state index in [2.05, 4.69) is 17.4 Å². The minimum absolute atomic E-state index is 0.149. The predicted molar refractivity (Wildman–Crippen MR) is 118 cm³/mol. The van der Waals surface area contributed by atoms with Crippen molar-refractivity contribution in [3.63, 3.8) is 0 Å². The zero-order chi connectivity index (χ0) is 22.1. The molecule has 0 bridgehead atoms. The molecule has 1 aliphatic carbocycles. The molecule has 1 aliphatic rings. The van der Waals surface area contributed by atoms with E-state index in [1.54, 1.807) is 6.92 Å². The average molecular weight is 453 g/mol. The number of aryl methyl sites for hydroxylation is 2. The topological polar surface area (TPSA) is 66.5 Å². The first kappa shape index (κ1) is 22.6. The molecule has 0 heterocycles. The molecular formula is C22H26ClFN2O3S. The van der Waals surface area contributed by atoms with Crippen LogP contribution in [0.15, 0.2) is 36.4 Å². The number of nitrogens with one attached hydrogen (secondary N) is 1. The van der Waals surface area contributed by atoms with E-state index < -0.39 is 27.8 Å². The lowest BCUT2D eigenvalue weighted by Crippen LogP contribution is -2.49. The Balaban J connectivity index is 1.86. The zero-order valence-corrected chi connectivity index (χ0v) is 18.9. The molecule has 162 valence electrons. The summed E-state index contributed by atoms with van der Waals surface area (Å²) in [5.74, 6) is -1.08. The second-order valence-corrected chi connectivity index (χ2v) is 9.96. The normalized spacial score (nSPS) is 15.4. The average Bonchev–Trinajstić information content (AvgIpc) is 3.15. The third kappa shape index (κ3) is 4.78. The number of halogens is 2. The molecule has 0 radical (unpaired) electrons. The molecule has 0 saturated heterocycles. The van der Waals surface area contributed by atoms with Gasteiger partial charge in [-0.3, -0.25) is 9.10 Å². The number of carbonyl (C=O) groups excluding carboxylic acids is 1. The van der Waals surface area contributed by atoms with Gasteiger partial charge in [-0.05, 0) is 67.5 Å². The Morgan fingerprint density at radius 2 is 1.90 bits per heavy atom. The summed E-state index contributed by atoms with van der Waals surface area (Å²) >= 11 is 5.85. The van der Waals surface area contributed by atoms with E-state index in [9.17, 15) is 17.6 Å². The summed E-state index contributed by atoms with van der Waals surface area (Å²) in [5.41, 5.74) is 3.78. The number of carbonyl (C=O) groups is 1. The van der Waals surface area contributed by atoms with Crippen LogP contribution in [0.2, 0.25) is 5.02 Å². The maximum Gasteiger partial charge on any atom is 0.244 e. The number of anilines is 1. The molecule has 30 heavy (non-hydrogen) atoms. The van der Waals surface area contributed by atoms with Crippen molar-refractivity contribution in [3.8, 4) is 0 Å². The molecule has 2 aromatic rings. The minimum atomic E-state index is -3.82. The van der Waals surface area contributed by atoms with Crippen LogP contribution in [0.25, 0.3) is 0 Å². The third-order valence-corrected chi connectivity index (χ3v) is 6.94. The summed E-state index contributed by atoms with van der Waals surface area (Å²) in [6, 6.07) is 8.56. The van der Waals surface area contributed by atoms with Crippen LogP contribution in [-0.2, 0) is 27.7 Å². The highest BCUT2D eigenvalue weighted by atomic mass is 35.5. The lowest BCUT2D eigenvalue weighted by Gasteiger charge is -2.31. The van der Waals surface area contributed by atoms with Crippen molar-refractivity contribution in [2.24, 2.45) is 0 Å². The second kappa shape index (κ2) is 8.94. The van der Waals surface area contributed by atoms with Gasteiger partial charge in [0.1, 0.15) is 11.9 Å². The molecule has 1 N–H and O–H groups in total. The first-order valence-electron chi connectivity index (χ1n) is 9.98. The molecule has 0 spiro atoms. The highest BCUT2D eigenvalue weighted by Gasteiger charge is 2.32. The van der Waals surface area contributed by atoms with Crippen molar-refractivity contribution < 1.29 is 17.6 Å². The molecule has 0 aliphatic heterocycles. The van der Waals surface area contributed by atoms with Gasteiger partial charge < -0.3 is 5.32 Å². The number of rotatable bonds is 7. The molecule has 1 amide bonds. The standard InChI is InChI=1S/C22H26ClFN2O3S/c1-4-21(26(30(3,28)29)18-10-11-20(24)19(23)13-18)22(27)25-14(2)16-9-8-15-6-5-7-17(15)12-16/h8-14,21H,4-7H2,1-3H3,(H,25,27)/t14-,21+/m0/s1. The van der Waals surface area contributed by atoms with E-state index >= 15 is 0 Å². The fourth-order valence-electron chi connectivity index (χ4n) is 3.94. The van der Waals surface area contributed by atoms with Gasteiger partial charge >= 0.3 is 0 Å². The smallest absolute Gasteiger partial charge is 0.244 e. The molecule has 0 fully saturated rings. The summed E-state index contributed by atoms with van der Waals surface area (Å²) in [5, 5.41) is 2.73. The molecule has 3 rings (SSSR count). The van der Waals surface area contributed by atoms with Crippen LogP contribution in [0.5, 0.6) is 0 Å². The van der Waals surface area contributed by atoms with Crippen LogP contribution < -0.4 is 9.62 Å². The SMILES string of the molecule is CC[C@H](C(=O)N[C@@H](C)c1ccc2c(c1)CCC2)N(c1ccc(F)c(Cl)c1)S(C)(=O)=O. The number of hydrogen-bond donors (Lipinski definition) is 1. The molecular weight excluding hydrogens is 427 g/mol. The van der Waals surface area contributed by atoms with Gasteiger partial charge in [0.15, 0.2) is 0 Å². The summed E-state index contributed by atoms with van der Waals surface area (Å²) in [4.78, 5) is 13.1. The molecule has 2 atom stereocenters. The van der Waals surface area contributed by atoms with Crippen molar-refractivity contribution in [2.45, 2.75) is 51.6 Å². The fraction of sp³-hybridized carbons (Fsp3) is 0.409. The number of hydrogen-bond acceptors (Lipinski definition) is 3. The van der Waals surface area contributed by atoms with E-state index in [1.165, 1.54) is 23.3 Å². The number of fused-ring (bicyclic) bond motifs is 1. The lowest BCUT2D eigenvalue weighted by molar-refractivity contribution is -0.122. The zero-order valence-electron chi connectivity index (χ0n) is 17.3. The molecule has 5 nitrogen and oxygen atoms in total. The van der Waals surface area contributed by atoms with Gasteiger partial charge in [-0.15, -0.1) is 0 Å². The maximum atomic E-state index is 13.6. The highest BCUT2D eigenvalue weighted by Crippen LogP contribution is 2.28. The van der Waals surface area contributed by atoms with Gasteiger partial charge in [0.05, 0.1) is 23.0 Å². The first-order chi connectivity index (χ1) is 14.1. The van der Waals surface area contributed by atoms with Crippen LogP contribution in [0.4, 0.5) is 10.1 Å². The largest absolute Gasteiger partial charge is 0.348 e. The van der Waals surface area contributed by atoms with Gasteiger partial charge in [0.2, 0.25) is 15.9 Å². The van der Waals surface area contributed by atoms with E-state index in [1.807, 2.05) is 13.0 Å².